The van der Waals surface area contributed by atoms with E-state index in [1.807, 2.05) is 37.3 Å². The van der Waals surface area contributed by atoms with E-state index in [9.17, 15) is 13.5 Å². The van der Waals surface area contributed by atoms with Gasteiger partial charge in [-0.05, 0) is 24.3 Å². The molecule has 5 heteroatoms. The number of β-amino-alcohol motifs (C(OH)–C–C–N with tert-alkyl or cyclic N) is 1. The molecule has 1 aromatic carbocycles. The highest BCUT2D eigenvalue weighted by Gasteiger charge is 2.29. The van der Waals surface area contributed by atoms with Crippen LogP contribution in [0.2, 0.25) is 0 Å². The summed E-state index contributed by atoms with van der Waals surface area (Å²) in [5, 5.41) is 9.59. The molecule has 0 aliphatic carbocycles. The van der Waals surface area contributed by atoms with Gasteiger partial charge in [-0.15, -0.1) is 0 Å². The van der Waals surface area contributed by atoms with Crippen LogP contribution in [0.1, 0.15) is 31.2 Å². The average molecular weight is 283 g/mol. The minimum absolute atomic E-state index is 0.0368. The van der Waals surface area contributed by atoms with E-state index in [-0.39, 0.29) is 18.2 Å². The zero-order chi connectivity index (χ0) is 13.9. The smallest absolute Gasteiger partial charge is 0.214 e. The van der Waals surface area contributed by atoms with Crippen LogP contribution in [0.5, 0.6) is 0 Å². The molecule has 0 radical (unpaired) electrons. The first kappa shape index (κ1) is 14.5. The zero-order valence-electron chi connectivity index (χ0n) is 11.2. The average Bonchev–Trinajstić information content (AvgIpc) is 2.39. The van der Waals surface area contributed by atoms with Gasteiger partial charge in [0.1, 0.15) is 0 Å². The molecule has 0 spiro atoms. The Bertz CT molecular complexity index is 501. The second kappa shape index (κ2) is 6.03. The van der Waals surface area contributed by atoms with Crippen molar-refractivity contribution in [3.05, 3.63) is 35.9 Å². The molecule has 0 aromatic heterocycles. The van der Waals surface area contributed by atoms with Gasteiger partial charge in [-0.25, -0.2) is 8.42 Å². The summed E-state index contributed by atoms with van der Waals surface area (Å²) in [5.74, 6) is 0.0641. The first-order valence-electron chi connectivity index (χ1n) is 6.70. The van der Waals surface area contributed by atoms with E-state index in [0.717, 1.165) is 12.0 Å². The first-order valence-corrected chi connectivity index (χ1v) is 8.31. The minimum Gasteiger partial charge on any atom is -0.392 e. The monoisotopic (exact) mass is 283 g/mol. The minimum atomic E-state index is -3.29. The van der Waals surface area contributed by atoms with Crippen LogP contribution in [0.3, 0.4) is 0 Å². The third kappa shape index (κ3) is 3.78. The predicted molar refractivity (Wildman–Crippen MR) is 75.5 cm³/mol. The number of piperidine rings is 1. The molecular weight excluding hydrogens is 262 g/mol. The Hall–Kier alpha value is -0.910. The number of hydrogen-bond acceptors (Lipinski definition) is 3. The summed E-state index contributed by atoms with van der Waals surface area (Å²) in [6, 6.07) is 9.66. The number of aliphatic hydroxyl groups is 1. The van der Waals surface area contributed by atoms with Crippen LogP contribution in [0.25, 0.3) is 0 Å². The van der Waals surface area contributed by atoms with E-state index in [1.165, 1.54) is 4.31 Å². The van der Waals surface area contributed by atoms with E-state index < -0.39 is 16.1 Å². The maximum Gasteiger partial charge on any atom is 0.214 e. The quantitative estimate of drug-likeness (QED) is 0.912. The van der Waals surface area contributed by atoms with E-state index >= 15 is 0 Å². The second-order valence-electron chi connectivity index (χ2n) is 5.24. The standard InChI is InChI=1S/C14H21NO3S/c1-12(13-6-3-2-4-7-13)11-19(17,18)15-9-5-8-14(16)10-15/h2-4,6-7,12,14,16H,5,8-11H2,1H3. The number of sulfonamides is 1. The van der Waals surface area contributed by atoms with Crippen LogP contribution < -0.4 is 0 Å². The van der Waals surface area contributed by atoms with Gasteiger partial charge < -0.3 is 5.11 Å². The fourth-order valence-corrected chi connectivity index (χ4v) is 4.31. The van der Waals surface area contributed by atoms with Gasteiger partial charge in [0.05, 0.1) is 11.9 Å². The van der Waals surface area contributed by atoms with Crippen LogP contribution in [0, 0.1) is 0 Å². The van der Waals surface area contributed by atoms with Crippen molar-refractivity contribution in [2.45, 2.75) is 31.8 Å². The van der Waals surface area contributed by atoms with Crippen LogP contribution in [0.4, 0.5) is 0 Å². The lowest BCUT2D eigenvalue weighted by Gasteiger charge is -2.30. The van der Waals surface area contributed by atoms with Crippen molar-refractivity contribution in [1.82, 2.24) is 4.31 Å². The van der Waals surface area contributed by atoms with Gasteiger partial charge in [0.15, 0.2) is 0 Å². The van der Waals surface area contributed by atoms with Crippen molar-refractivity contribution in [1.29, 1.82) is 0 Å². The molecule has 0 saturated carbocycles. The summed E-state index contributed by atoms with van der Waals surface area (Å²) in [5.41, 5.74) is 1.03. The maximum absolute atomic E-state index is 12.3. The molecule has 1 aliphatic rings. The van der Waals surface area contributed by atoms with Gasteiger partial charge in [0, 0.05) is 13.1 Å². The number of benzene rings is 1. The van der Waals surface area contributed by atoms with Crippen LogP contribution >= 0.6 is 0 Å². The number of rotatable bonds is 4. The SMILES string of the molecule is CC(CS(=O)(=O)N1CCCC(O)C1)c1ccccc1. The Kier molecular flexibility index (Phi) is 4.60. The fourth-order valence-electron chi connectivity index (χ4n) is 2.47. The predicted octanol–water partition coefficient (Wildman–Crippen LogP) is 1.58. The highest BCUT2D eigenvalue weighted by Crippen LogP contribution is 2.21. The Morgan fingerprint density at radius 2 is 2.05 bits per heavy atom. The van der Waals surface area contributed by atoms with E-state index in [0.29, 0.717) is 13.0 Å². The van der Waals surface area contributed by atoms with Gasteiger partial charge in [0.25, 0.3) is 0 Å². The van der Waals surface area contributed by atoms with Crippen molar-refractivity contribution < 1.29 is 13.5 Å². The largest absolute Gasteiger partial charge is 0.392 e. The summed E-state index contributed by atoms with van der Waals surface area (Å²) in [7, 11) is -3.29. The summed E-state index contributed by atoms with van der Waals surface area (Å²) in [4.78, 5) is 0. The second-order valence-corrected chi connectivity index (χ2v) is 7.26. The van der Waals surface area contributed by atoms with Gasteiger partial charge in [-0.1, -0.05) is 37.3 Å². The molecule has 1 fully saturated rings. The van der Waals surface area contributed by atoms with Gasteiger partial charge >= 0.3 is 0 Å². The van der Waals surface area contributed by atoms with E-state index in [2.05, 4.69) is 0 Å². The normalized spacial score (nSPS) is 23.2. The highest BCUT2D eigenvalue weighted by molar-refractivity contribution is 7.89. The van der Waals surface area contributed by atoms with Gasteiger partial charge in [-0.2, -0.15) is 4.31 Å². The van der Waals surface area contributed by atoms with E-state index in [4.69, 9.17) is 0 Å². The summed E-state index contributed by atoms with van der Waals surface area (Å²) < 4.78 is 26.1. The summed E-state index contributed by atoms with van der Waals surface area (Å²) >= 11 is 0. The Balaban J connectivity index is 2.04. The van der Waals surface area contributed by atoms with Crippen molar-refractivity contribution in [3.8, 4) is 0 Å². The lowest BCUT2D eigenvalue weighted by Crippen LogP contribution is -2.43. The topological polar surface area (TPSA) is 57.6 Å². The molecule has 1 heterocycles. The lowest BCUT2D eigenvalue weighted by molar-refractivity contribution is 0.108. The molecule has 106 valence electrons. The van der Waals surface area contributed by atoms with Crippen LogP contribution in [0.15, 0.2) is 30.3 Å². The van der Waals surface area contributed by atoms with Crippen LogP contribution in [-0.2, 0) is 10.0 Å². The molecule has 1 aromatic rings. The lowest BCUT2D eigenvalue weighted by atomic mass is 10.0. The molecule has 2 rings (SSSR count). The maximum atomic E-state index is 12.3. The summed E-state index contributed by atoms with van der Waals surface area (Å²) in [6.07, 6.45) is 0.913. The Morgan fingerprint density at radius 1 is 1.37 bits per heavy atom. The summed E-state index contributed by atoms with van der Waals surface area (Å²) in [6.45, 7) is 2.69. The van der Waals surface area contributed by atoms with Crippen LogP contribution in [-0.4, -0.2) is 42.8 Å². The highest BCUT2D eigenvalue weighted by atomic mass is 32.2. The molecule has 2 atom stereocenters. The third-order valence-corrected chi connectivity index (χ3v) is 5.62. The molecule has 0 bridgehead atoms. The van der Waals surface area contributed by atoms with Gasteiger partial charge in [0.2, 0.25) is 10.0 Å². The van der Waals surface area contributed by atoms with Crippen molar-refractivity contribution in [3.63, 3.8) is 0 Å². The zero-order valence-corrected chi connectivity index (χ0v) is 12.0. The van der Waals surface area contributed by atoms with Crippen molar-refractivity contribution in [2.75, 3.05) is 18.8 Å². The Labute approximate surface area is 115 Å². The molecule has 19 heavy (non-hydrogen) atoms. The Morgan fingerprint density at radius 3 is 2.68 bits per heavy atom. The number of aliphatic hydroxyl groups excluding tert-OH is 1. The third-order valence-electron chi connectivity index (χ3n) is 3.58. The molecule has 1 N–H and O–H groups in total. The first-order chi connectivity index (χ1) is 8.99. The molecule has 1 aliphatic heterocycles. The van der Waals surface area contributed by atoms with Gasteiger partial charge in [-0.3, -0.25) is 0 Å². The van der Waals surface area contributed by atoms with Crippen molar-refractivity contribution in [2.24, 2.45) is 0 Å². The number of nitrogens with zero attached hydrogens (tertiary/aromatic N) is 1. The van der Waals surface area contributed by atoms with Crippen molar-refractivity contribution >= 4 is 10.0 Å². The molecule has 4 nitrogen and oxygen atoms in total. The molecular formula is C14H21NO3S. The fraction of sp³-hybridized carbons (Fsp3) is 0.571. The molecule has 1 saturated heterocycles. The molecule has 0 amide bonds. The van der Waals surface area contributed by atoms with E-state index in [1.54, 1.807) is 0 Å². The number of hydrogen-bond donors (Lipinski definition) is 1. The molecule has 2 unspecified atom stereocenters.